The average molecular weight is 301 g/mol. The molecule has 1 aromatic carbocycles. The highest BCUT2D eigenvalue weighted by Crippen LogP contribution is 2.35. The van der Waals surface area contributed by atoms with Crippen molar-refractivity contribution in [1.82, 2.24) is 0 Å². The molecule has 2 rings (SSSR count). The number of nitrogens with zero attached hydrogens (tertiary/aromatic N) is 1. The second kappa shape index (κ2) is 5.55. The maximum atomic E-state index is 12.9. The van der Waals surface area contributed by atoms with Gasteiger partial charge in [0.2, 0.25) is 0 Å². The molecule has 1 aliphatic rings. The summed E-state index contributed by atoms with van der Waals surface area (Å²) in [5.74, 6) is -0.497. The quantitative estimate of drug-likeness (QED) is 0.592. The van der Waals surface area contributed by atoms with Crippen molar-refractivity contribution in [2.75, 3.05) is 18.0 Å². The number of aliphatic hydroxyl groups excluding tert-OH is 1. The summed E-state index contributed by atoms with van der Waals surface area (Å²) in [6.07, 6.45) is -4.20. The van der Waals surface area contributed by atoms with Crippen molar-refractivity contribution in [2.45, 2.75) is 25.6 Å². The molecule has 1 heterocycles. The van der Waals surface area contributed by atoms with Gasteiger partial charge in [-0.1, -0.05) is 0 Å². The third-order valence-corrected chi connectivity index (χ3v) is 3.87. The lowest BCUT2D eigenvalue weighted by Crippen LogP contribution is -2.25. The highest BCUT2D eigenvalue weighted by molar-refractivity contribution is 5.97. The van der Waals surface area contributed by atoms with Crippen LogP contribution in [0.1, 0.15) is 24.5 Å². The Morgan fingerprint density at radius 3 is 2.62 bits per heavy atom. The Morgan fingerprint density at radius 2 is 2.14 bits per heavy atom. The third-order valence-electron chi connectivity index (χ3n) is 3.87. The van der Waals surface area contributed by atoms with E-state index in [1.54, 1.807) is 6.92 Å². The number of benzene rings is 1. The monoisotopic (exact) mass is 301 g/mol. The van der Waals surface area contributed by atoms with E-state index in [2.05, 4.69) is 0 Å². The maximum Gasteiger partial charge on any atom is 0.417 e. The maximum absolute atomic E-state index is 12.9. The average Bonchev–Trinajstić information content (AvgIpc) is 2.86. The third kappa shape index (κ3) is 3.29. The van der Waals surface area contributed by atoms with Gasteiger partial charge in [0.25, 0.3) is 0 Å². The number of hydrogen-bond donors (Lipinski definition) is 3. The van der Waals surface area contributed by atoms with Gasteiger partial charge in [-0.05, 0) is 31.5 Å². The molecule has 4 N–H and O–H groups in total. The predicted molar refractivity (Wildman–Crippen MR) is 74.5 cm³/mol. The first-order valence-corrected chi connectivity index (χ1v) is 6.69. The number of anilines is 1. The topological polar surface area (TPSA) is 73.3 Å². The number of hydrogen-bond acceptors (Lipinski definition) is 3. The van der Waals surface area contributed by atoms with Crippen molar-refractivity contribution in [3.63, 3.8) is 0 Å². The van der Waals surface area contributed by atoms with Crippen LogP contribution in [0.4, 0.5) is 18.9 Å². The van der Waals surface area contributed by atoms with E-state index in [1.165, 1.54) is 12.1 Å². The van der Waals surface area contributed by atoms with Crippen LogP contribution >= 0.6 is 0 Å². The minimum absolute atomic E-state index is 0.105. The number of nitrogen functional groups attached to an aromatic ring is 1. The molecule has 0 radical (unpaired) electrons. The highest BCUT2D eigenvalue weighted by Gasteiger charge is 2.35. The molecule has 116 valence electrons. The van der Waals surface area contributed by atoms with Crippen LogP contribution in [0.2, 0.25) is 0 Å². The number of amidine groups is 1. The first-order chi connectivity index (χ1) is 9.70. The van der Waals surface area contributed by atoms with Crippen LogP contribution in [-0.2, 0) is 6.18 Å². The number of rotatable bonds is 3. The zero-order valence-corrected chi connectivity index (χ0v) is 11.6. The molecule has 0 spiro atoms. The van der Waals surface area contributed by atoms with Crippen molar-refractivity contribution in [2.24, 2.45) is 11.7 Å². The van der Waals surface area contributed by atoms with E-state index in [0.717, 1.165) is 12.5 Å². The summed E-state index contributed by atoms with van der Waals surface area (Å²) < 4.78 is 38.7. The molecule has 0 bridgehead atoms. The minimum atomic E-state index is -4.54. The molecule has 1 fully saturated rings. The second-order valence-corrected chi connectivity index (χ2v) is 5.38. The molecule has 0 aromatic heterocycles. The Balaban J connectivity index is 2.31. The van der Waals surface area contributed by atoms with Gasteiger partial charge >= 0.3 is 6.18 Å². The number of nitrogens with two attached hydrogens (primary N) is 1. The summed E-state index contributed by atoms with van der Waals surface area (Å²) in [6.45, 7) is 2.96. The zero-order chi connectivity index (χ0) is 15.8. The fraction of sp³-hybridized carbons (Fsp3) is 0.500. The number of halogens is 3. The summed E-state index contributed by atoms with van der Waals surface area (Å²) in [5, 5.41) is 16.9. The van der Waals surface area contributed by atoms with Crippen molar-refractivity contribution in [3.8, 4) is 0 Å². The molecule has 1 saturated heterocycles. The smallest absolute Gasteiger partial charge is 0.393 e. The van der Waals surface area contributed by atoms with E-state index in [1.807, 2.05) is 4.90 Å². The lowest BCUT2D eigenvalue weighted by molar-refractivity contribution is -0.137. The van der Waals surface area contributed by atoms with Crippen LogP contribution in [0.15, 0.2) is 18.2 Å². The van der Waals surface area contributed by atoms with Crippen LogP contribution in [-0.4, -0.2) is 30.1 Å². The van der Waals surface area contributed by atoms with E-state index in [9.17, 15) is 18.3 Å². The standard InChI is InChI=1S/C14H18F3N3O/c1-8(21)9-4-5-20(7-9)10-2-3-12(14(15,16)17)11(6-10)13(18)19/h2-3,6,8-9,21H,4-5,7H2,1H3,(H3,18,19). The second-order valence-electron chi connectivity index (χ2n) is 5.38. The molecule has 1 aromatic rings. The van der Waals surface area contributed by atoms with Crippen LogP contribution in [0.5, 0.6) is 0 Å². The minimum Gasteiger partial charge on any atom is -0.393 e. The molecular weight excluding hydrogens is 283 g/mol. The number of nitrogens with one attached hydrogen (secondary N) is 1. The molecule has 0 amide bonds. The van der Waals surface area contributed by atoms with E-state index < -0.39 is 23.7 Å². The summed E-state index contributed by atoms with van der Waals surface area (Å²) in [4.78, 5) is 1.91. The molecular formula is C14H18F3N3O. The predicted octanol–water partition coefficient (Wildman–Crippen LogP) is 2.20. The Kier molecular flexibility index (Phi) is 4.13. The lowest BCUT2D eigenvalue weighted by atomic mass is 10.0. The SMILES string of the molecule is CC(O)C1CCN(c2ccc(C(F)(F)F)c(C(=N)N)c2)C1. The Hall–Kier alpha value is -1.76. The first-order valence-electron chi connectivity index (χ1n) is 6.69. The normalized spacial score (nSPS) is 20.6. The van der Waals surface area contributed by atoms with Gasteiger partial charge < -0.3 is 15.7 Å². The zero-order valence-electron chi connectivity index (χ0n) is 11.6. The molecule has 21 heavy (non-hydrogen) atoms. The summed E-state index contributed by atoms with van der Waals surface area (Å²) >= 11 is 0. The van der Waals surface area contributed by atoms with Crippen LogP contribution < -0.4 is 10.6 Å². The Morgan fingerprint density at radius 1 is 1.48 bits per heavy atom. The van der Waals surface area contributed by atoms with Crippen LogP contribution in [0.3, 0.4) is 0 Å². The van der Waals surface area contributed by atoms with E-state index >= 15 is 0 Å². The molecule has 0 aliphatic carbocycles. The van der Waals surface area contributed by atoms with Crippen molar-refractivity contribution in [1.29, 1.82) is 5.41 Å². The molecule has 7 heteroatoms. The summed E-state index contributed by atoms with van der Waals surface area (Å²) in [7, 11) is 0. The van der Waals surface area contributed by atoms with Crippen molar-refractivity contribution < 1.29 is 18.3 Å². The van der Waals surface area contributed by atoms with Gasteiger partial charge in [-0.3, -0.25) is 5.41 Å². The highest BCUT2D eigenvalue weighted by atomic mass is 19.4. The van der Waals surface area contributed by atoms with Crippen LogP contribution in [0.25, 0.3) is 0 Å². The Bertz CT molecular complexity index is 543. The van der Waals surface area contributed by atoms with Gasteiger partial charge in [-0.15, -0.1) is 0 Å². The first kappa shape index (κ1) is 15.6. The summed E-state index contributed by atoms with van der Waals surface area (Å²) in [5.41, 5.74) is 4.67. The van der Waals surface area contributed by atoms with E-state index in [4.69, 9.17) is 11.1 Å². The van der Waals surface area contributed by atoms with Gasteiger partial charge in [0.05, 0.1) is 11.7 Å². The fourth-order valence-electron chi connectivity index (χ4n) is 2.61. The Labute approximate surface area is 120 Å². The van der Waals surface area contributed by atoms with E-state index in [0.29, 0.717) is 18.8 Å². The van der Waals surface area contributed by atoms with Gasteiger partial charge in [0, 0.05) is 30.3 Å². The lowest BCUT2D eigenvalue weighted by Gasteiger charge is -2.22. The largest absolute Gasteiger partial charge is 0.417 e. The van der Waals surface area contributed by atoms with Crippen molar-refractivity contribution >= 4 is 11.5 Å². The molecule has 4 nitrogen and oxygen atoms in total. The molecule has 1 aliphatic heterocycles. The van der Waals surface area contributed by atoms with E-state index in [-0.39, 0.29) is 11.5 Å². The van der Waals surface area contributed by atoms with Gasteiger partial charge in [-0.25, -0.2) is 0 Å². The van der Waals surface area contributed by atoms with Crippen LogP contribution in [0, 0.1) is 11.3 Å². The van der Waals surface area contributed by atoms with Gasteiger partial charge in [0.1, 0.15) is 5.84 Å². The van der Waals surface area contributed by atoms with Crippen molar-refractivity contribution in [3.05, 3.63) is 29.3 Å². The molecule has 2 unspecified atom stereocenters. The number of alkyl halides is 3. The molecule has 0 saturated carbocycles. The number of aliphatic hydroxyl groups is 1. The van der Waals surface area contributed by atoms with Gasteiger partial charge in [-0.2, -0.15) is 13.2 Å². The summed E-state index contributed by atoms with van der Waals surface area (Å²) in [6, 6.07) is 3.65. The molecule has 2 atom stereocenters. The fourth-order valence-corrected chi connectivity index (χ4v) is 2.61. The van der Waals surface area contributed by atoms with Gasteiger partial charge in [0.15, 0.2) is 0 Å².